The van der Waals surface area contributed by atoms with Crippen LogP contribution in [0.5, 0.6) is 0 Å². The van der Waals surface area contributed by atoms with Gasteiger partial charge in [0.2, 0.25) is 5.91 Å². The van der Waals surface area contributed by atoms with Gasteiger partial charge in [-0.15, -0.1) is 0 Å². The molecule has 1 aliphatic rings. The maximum absolute atomic E-state index is 12.0. The summed E-state index contributed by atoms with van der Waals surface area (Å²) in [5.41, 5.74) is 4.02. The summed E-state index contributed by atoms with van der Waals surface area (Å²) >= 11 is 0. The Morgan fingerprint density at radius 1 is 1.41 bits per heavy atom. The molecule has 0 atom stereocenters. The summed E-state index contributed by atoms with van der Waals surface area (Å²) in [6.45, 7) is 4.25. The van der Waals surface area contributed by atoms with Crippen molar-refractivity contribution in [3.8, 4) is 0 Å². The number of amides is 2. The fourth-order valence-electron chi connectivity index (χ4n) is 2.61. The second kappa shape index (κ2) is 5.63. The summed E-state index contributed by atoms with van der Waals surface area (Å²) in [6.07, 6.45) is 0.921. The van der Waals surface area contributed by atoms with Crippen LogP contribution in [0.3, 0.4) is 0 Å². The zero-order valence-electron chi connectivity index (χ0n) is 12.5. The number of rotatable bonds is 4. The van der Waals surface area contributed by atoms with E-state index in [1.807, 2.05) is 26.0 Å². The molecule has 0 radical (unpaired) electrons. The second-order valence-electron chi connectivity index (χ2n) is 5.41. The molecule has 1 aromatic heterocycles. The number of nitrogens with zero attached hydrogens (tertiary/aromatic N) is 1. The molecule has 0 aliphatic carbocycles. The highest BCUT2D eigenvalue weighted by atomic mass is 16.5. The van der Waals surface area contributed by atoms with Crippen molar-refractivity contribution in [1.82, 2.24) is 10.5 Å². The van der Waals surface area contributed by atoms with Crippen molar-refractivity contribution in [3.05, 3.63) is 46.3 Å². The third-order valence-electron chi connectivity index (χ3n) is 3.86. The monoisotopic (exact) mass is 299 g/mol. The first-order valence-corrected chi connectivity index (χ1v) is 7.17. The van der Waals surface area contributed by atoms with Crippen LogP contribution in [-0.2, 0) is 17.8 Å². The van der Waals surface area contributed by atoms with Gasteiger partial charge in [0, 0.05) is 29.8 Å². The molecule has 114 valence electrons. The van der Waals surface area contributed by atoms with Gasteiger partial charge in [-0.25, -0.2) is 0 Å². The van der Waals surface area contributed by atoms with Crippen LogP contribution in [0, 0.1) is 13.8 Å². The molecule has 6 heteroatoms. The van der Waals surface area contributed by atoms with Gasteiger partial charge in [0.05, 0.1) is 5.69 Å². The van der Waals surface area contributed by atoms with Crippen LogP contribution in [0.4, 0.5) is 5.69 Å². The molecule has 0 bridgehead atoms. The van der Waals surface area contributed by atoms with Gasteiger partial charge in [-0.1, -0.05) is 11.2 Å². The number of hydrogen-bond acceptors (Lipinski definition) is 4. The van der Waals surface area contributed by atoms with Crippen molar-refractivity contribution in [2.75, 3.05) is 5.32 Å². The number of nitrogens with one attached hydrogen (secondary N) is 2. The minimum atomic E-state index is -0.0987. The molecule has 0 unspecified atom stereocenters. The van der Waals surface area contributed by atoms with Crippen LogP contribution in [0.15, 0.2) is 22.7 Å². The quantitative estimate of drug-likeness (QED) is 0.905. The van der Waals surface area contributed by atoms with E-state index in [0.29, 0.717) is 30.6 Å². The minimum absolute atomic E-state index is 0.0955. The van der Waals surface area contributed by atoms with Gasteiger partial charge < -0.3 is 15.2 Å². The largest absolute Gasteiger partial charge is 0.361 e. The topological polar surface area (TPSA) is 84.2 Å². The number of carbonyl (C=O) groups excluding carboxylic acids is 2. The van der Waals surface area contributed by atoms with Gasteiger partial charge in [-0.05, 0) is 38.0 Å². The molecule has 0 spiro atoms. The highest BCUT2D eigenvalue weighted by molar-refractivity contribution is 6.00. The fourth-order valence-corrected chi connectivity index (χ4v) is 2.61. The Morgan fingerprint density at radius 2 is 2.23 bits per heavy atom. The number of fused-ring (bicyclic) bond motifs is 1. The van der Waals surface area contributed by atoms with Crippen LogP contribution in [0.25, 0.3) is 0 Å². The van der Waals surface area contributed by atoms with E-state index in [0.717, 1.165) is 22.6 Å². The minimum Gasteiger partial charge on any atom is -0.361 e. The number of aromatic nitrogens is 1. The van der Waals surface area contributed by atoms with Crippen molar-refractivity contribution in [2.24, 2.45) is 0 Å². The number of carbonyl (C=O) groups is 2. The first kappa shape index (κ1) is 14.3. The maximum Gasteiger partial charge on any atom is 0.251 e. The first-order valence-electron chi connectivity index (χ1n) is 7.17. The Labute approximate surface area is 127 Å². The van der Waals surface area contributed by atoms with Crippen LogP contribution in [0.2, 0.25) is 0 Å². The molecule has 1 aliphatic heterocycles. The van der Waals surface area contributed by atoms with Crippen LogP contribution in [-0.4, -0.2) is 17.0 Å². The lowest BCUT2D eigenvalue weighted by Crippen LogP contribution is -2.14. The SMILES string of the molecule is Cc1noc(C)c1CCC(=O)Nc1ccc2c(c1)C(=O)NC2. The standard InChI is InChI=1S/C16H17N3O3/c1-9-13(10(2)22-19-9)5-6-15(20)18-12-4-3-11-8-17-16(21)14(11)7-12/h3-4,7H,5-6,8H2,1-2H3,(H,17,21)(H,18,20). The number of aryl methyl sites for hydroxylation is 2. The highest BCUT2D eigenvalue weighted by Gasteiger charge is 2.19. The van der Waals surface area contributed by atoms with Gasteiger partial charge in [0.1, 0.15) is 5.76 Å². The second-order valence-corrected chi connectivity index (χ2v) is 5.41. The van der Waals surface area contributed by atoms with E-state index >= 15 is 0 Å². The lowest BCUT2D eigenvalue weighted by atomic mass is 10.1. The molecule has 2 heterocycles. The third-order valence-corrected chi connectivity index (χ3v) is 3.86. The normalized spacial score (nSPS) is 12.9. The molecule has 2 N–H and O–H groups in total. The van der Waals surface area contributed by atoms with E-state index in [2.05, 4.69) is 15.8 Å². The Balaban J connectivity index is 1.63. The van der Waals surface area contributed by atoms with Crippen molar-refractivity contribution < 1.29 is 14.1 Å². The third kappa shape index (κ3) is 2.72. The van der Waals surface area contributed by atoms with Gasteiger partial charge in [0.25, 0.3) is 5.91 Å². The number of benzene rings is 1. The Bertz CT molecular complexity index is 730. The Hall–Kier alpha value is -2.63. The number of anilines is 1. The lowest BCUT2D eigenvalue weighted by molar-refractivity contribution is -0.116. The smallest absolute Gasteiger partial charge is 0.251 e. The summed E-state index contributed by atoms with van der Waals surface area (Å²) < 4.78 is 5.08. The lowest BCUT2D eigenvalue weighted by Gasteiger charge is -2.06. The molecule has 22 heavy (non-hydrogen) atoms. The van der Waals surface area contributed by atoms with Gasteiger partial charge in [-0.2, -0.15) is 0 Å². The van der Waals surface area contributed by atoms with Crippen LogP contribution in [0.1, 0.15) is 39.4 Å². The maximum atomic E-state index is 12.0. The van der Waals surface area contributed by atoms with E-state index in [1.165, 1.54) is 0 Å². The molecule has 0 fully saturated rings. The summed E-state index contributed by atoms with van der Waals surface area (Å²) in [7, 11) is 0. The van der Waals surface area contributed by atoms with Crippen molar-refractivity contribution in [2.45, 2.75) is 33.2 Å². The summed E-state index contributed by atoms with van der Waals surface area (Å²) in [4.78, 5) is 23.7. The van der Waals surface area contributed by atoms with Crippen molar-refractivity contribution in [1.29, 1.82) is 0 Å². The van der Waals surface area contributed by atoms with E-state index < -0.39 is 0 Å². The molecule has 2 aromatic rings. The van der Waals surface area contributed by atoms with E-state index in [4.69, 9.17) is 4.52 Å². The summed E-state index contributed by atoms with van der Waals surface area (Å²) in [5.74, 6) is 0.555. The van der Waals surface area contributed by atoms with E-state index in [-0.39, 0.29) is 11.8 Å². The van der Waals surface area contributed by atoms with Crippen LogP contribution < -0.4 is 10.6 Å². The highest BCUT2D eigenvalue weighted by Crippen LogP contribution is 2.20. The average Bonchev–Trinajstić information content (AvgIpc) is 3.01. The predicted molar refractivity (Wildman–Crippen MR) is 80.5 cm³/mol. The molecule has 2 amide bonds. The molecular formula is C16H17N3O3. The average molecular weight is 299 g/mol. The zero-order chi connectivity index (χ0) is 15.7. The van der Waals surface area contributed by atoms with Gasteiger partial charge in [-0.3, -0.25) is 9.59 Å². The zero-order valence-corrected chi connectivity index (χ0v) is 12.5. The number of hydrogen-bond donors (Lipinski definition) is 2. The predicted octanol–water partition coefficient (Wildman–Crippen LogP) is 2.11. The molecule has 6 nitrogen and oxygen atoms in total. The van der Waals surface area contributed by atoms with Crippen molar-refractivity contribution >= 4 is 17.5 Å². The molecule has 1 aromatic carbocycles. The summed E-state index contributed by atoms with van der Waals surface area (Å²) in [5, 5.41) is 9.45. The van der Waals surface area contributed by atoms with Gasteiger partial charge >= 0.3 is 0 Å². The fraction of sp³-hybridized carbons (Fsp3) is 0.312. The Morgan fingerprint density at radius 3 is 2.95 bits per heavy atom. The van der Waals surface area contributed by atoms with E-state index in [9.17, 15) is 9.59 Å². The van der Waals surface area contributed by atoms with Crippen molar-refractivity contribution in [3.63, 3.8) is 0 Å². The molecule has 3 rings (SSSR count). The Kier molecular flexibility index (Phi) is 3.66. The molecule has 0 saturated carbocycles. The first-order chi connectivity index (χ1) is 10.5. The molecular weight excluding hydrogens is 282 g/mol. The summed E-state index contributed by atoms with van der Waals surface area (Å²) in [6, 6.07) is 5.38. The molecule has 0 saturated heterocycles. The van der Waals surface area contributed by atoms with Gasteiger partial charge in [0.15, 0.2) is 0 Å². The van der Waals surface area contributed by atoms with E-state index in [1.54, 1.807) is 6.07 Å². The van der Waals surface area contributed by atoms with Crippen LogP contribution >= 0.6 is 0 Å².